The van der Waals surface area contributed by atoms with Gasteiger partial charge in [0.05, 0.1) is 5.69 Å². The van der Waals surface area contributed by atoms with Gasteiger partial charge in [-0.15, -0.1) is 0 Å². The number of anilines is 1. The first-order valence-electron chi connectivity index (χ1n) is 9.79. The lowest BCUT2D eigenvalue weighted by atomic mass is 10.2. The van der Waals surface area contributed by atoms with Crippen molar-refractivity contribution >= 4 is 21.6 Å². The maximum atomic E-state index is 14.3. The third-order valence-corrected chi connectivity index (χ3v) is 6.69. The SMILES string of the molecule is CCN(CC)S(=O)(=O)c1cc(C(=O)Nc2ccccc2Oc2ccccc2)ccc1F. The molecule has 0 aliphatic carbocycles. The number of amides is 1. The largest absolute Gasteiger partial charge is 0.455 e. The van der Waals surface area contributed by atoms with Gasteiger partial charge < -0.3 is 10.1 Å². The number of benzene rings is 3. The molecule has 1 amide bonds. The molecular formula is C23H23FN2O4S. The van der Waals surface area contributed by atoms with Crippen LogP contribution in [0.25, 0.3) is 0 Å². The molecule has 31 heavy (non-hydrogen) atoms. The molecule has 0 aliphatic heterocycles. The van der Waals surface area contributed by atoms with Crippen LogP contribution >= 0.6 is 0 Å². The summed E-state index contributed by atoms with van der Waals surface area (Å²) in [4.78, 5) is 12.3. The second-order valence-corrected chi connectivity index (χ2v) is 8.51. The summed E-state index contributed by atoms with van der Waals surface area (Å²) in [5.74, 6) is -0.477. The normalized spacial score (nSPS) is 11.4. The molecule has 3 aromatic rings. The second-order valence-electron chi connectivity index (χ2n) is 6.60. The zero-order valence-electron chi connectivity index (χ0n) is 17.2. The van der Waals surface area contributed by atoms with E-state index in [4.69, 9.17) is 4.74 Å². The van der Waals surface area contributed by atoms with Gasteiger partial charge in [-0.05, 0) is 42.5 Å². The molecule has 0 saturated heterocycles. The molecule has 8 heteroatoms. The molecule has 6 nitrogen and oxygen atoms in total. The van der Waals surface area contributed by atoms with E-state index in [1.165, 1.54) is 6.07 Å². The molecule has 0 bridgehead atoms. The minimum absolute atomic E-state index is 0.0154. The van der Waals surface area contributed by atoms with Crippen molar-refractivity contribution in [1.82, 2.24) is 4.31 Å². The van der Waals surface area contributed by atoms with E-state index in [0.717, 1.165) is 16.4 Å². The van der Waals surface area contributed by atoms with Crippen LogP contribution in [0, 0.1) is 5.82 Å². The molecule has 162 valence electrons. The number of carbonyl (C=O) groups excluding carboxylic acids is 1. The van der Waals surface area contributed by atoms with Gasteiger partial charge in [0.1, 0.15) is 16.5 Å². The second kappa shape index (κ2) is 9.72. The number of hydrogen-bond donors (Lipinski definition) is 1. The molecule has 0 unspecified atom stereocenters. The number of hydrogen-bond acceptors (Lipinski definition) is 4. The van der Waals surface area contributed by atoms with Crippen molar-refractivity contribution in [2.75, 3.05) is 18.4 Å². The Morgan fingerprint density at radius 1 is 0.968 bits per heavy atom. The summed E-state index contributed by atoms with van der Waals surface area (Å²) >= 11 is 0. The maximum Gasteiger partial charge on any atom is 0.255 e. The van der Waals surface area contributed by atoms with E-state index < -0.39 is 26.6 Å². The van der Waals surface area contributed by atoms with Crippen molar-refractivity contribution in [3.63, 3.8) is 0 Å². The van der Waals surface area contributed by atoms with Crippen LogP contribution in [0.1, 0.15) is 24.2 Å². The highest BCUT2D eigenvalue weighted by atomic mass is 32.2. The summed E-state index contributed by atoms with van der Waals surface area (Å²) in [6.45, 7) is 3.72. The molecule has 0 radical (unpaired) electrons. The van der Waals surface area contributed by atoms with Gasteiger partial charge in [0.2, 0.25) is 10.0 Å². The number of rotatable bonds is 8. The standard InChI is InChI=1S/C23H23FN2O4S/c1-3-26(4-2)31(28,29)22-16-17(14-15-19(22)24)23(27)25-20-12-8-9-13-21(20)30-18-10-6-5-7-11-18/h5-16H,3-4H2,1-2H3,(H,25,27). The average Bonchev–Trinajstić information content (AvgIpc) is 2.76. The molecule has 0 heterocycles. The van der Waals surface area contributed by atoms with Gasteiger partial charge in [0.25, 0.3) is 5.91 Å². The van der Waals surface area contributed by atoms with E-state index in [9.17, 15) is 17.6 Å². The highest BCUT2D eigenvalue weighted by molar-refractivity contribution is 7.89. The summed E-state index contributed by atoms with van der Waals surface area (Å²) in [6, 6.07) is 19.2. The predicted molar refractivity (Wildman–Crippen MR) is 117 cm³/mol. The van der Waals surface area contributed by atoms with Crippen LogP contribution in [0.2, 0.25) is 0 Å². The quantitative estimate of drug-likeness (QED) is 0.538. The first-order chi connectivity index (χ1) is 14.9. The zero-order valence-corrected chi connectivity index (χ0v) is 18.0. The minimum atomic E-state index is -4.06. The van der Waals surface area contributed by atoms with Crippen LogP contribution in [0.3, 0.4) is 0 Å². The van der Waals surface area contributed by atoms with Crippen molar-refractivity contribution in [2.24, 2.45) is 0 Å². The minimum Gasteiger partial charge on any atom is -0.455 e. The molecule has 3 aromatic carbocycles. The molecule has 0 spiro atoms. The summed E-state index contributed by atoms with van der Waals surface area (Å²) < 4.78 is 46.8. The third-order valence-electron chi connectivity index (χ3n) is 4.62. The van der Waals surface area contributed by atoms with Crippen LogP contribution in [-0.4, -0.2) is 31.7 Å². The highest BCUT2D eigenvalue weighted by Gasteiger charge is 2.26. The van der Waals surface area contributed by atoms with Gasteiger partial charge in [0, 0.05) is 18.7 Å². The summed E-state index contributed by atoms with van der Waals surface area (Å²) in [6.07, 6.45) is 0. The van der Waals surface area contributed by atoms with Crippen molar-refractivity contribution in [3.8, 4) is 11.5 Å². The van der Waals surface area contributed by atoms with Crippen LogP contribution in [0.4, 0.5) is 10.1 Å². The average molecular weight is 443 g/mol. The Morgan fingerprint density at radius 2 is 1.61 bits per heavy atom. The van der Waals surface area contributed by atoms with Crippen molar-refractivity contribution in [3.05, 3.63) is 84.2 Å². The Hall–Kier alpha value is -3.23. The van der Waals surface area contributed by atoms with Crippen LogP contribution in [0.15, 0.2) is 77.7 Å². The van der Waals surface area contributed by atoms with Gasteiger partial charge >= 0.3 is 0 Å². The Bertz CT molecular complexity index is 1160. The highest BCUT2D eigenvalue weighted by Crippen LogP contribution is 2.30. The fourth-order valence-corrected chi connectivity index (χ4v) is 4.56. The van der Waals surface area contributed by atoms with Gasteiger partial charge in [0.15, 0.2) is 5.75 Å². The number of carbonyl (C=O) groups is 1. The van der Waals surface area contributed by atoms with E-state index in [1.807, 2.05) is 18.2 Å². The Kier molecular flexibility index (Phi) is 7.04. The van der Waals surface area contributed by atoms with Gasteiger partial charge in [-0.25, -0.2) is 12.8 Å². The summed E-state index contributed by atoms with van der Waals surface area (Å²) in [5.41, 5.74) is 0.412. The molecule has 3 rings (SSSR count). The number of ether oxygens (including phenoxy) is 1. The lowest BCUT2D eigenvalue weighted by Gasteiger charge is -2.19. The molecule has 0 fully saturated rings. The maximum absolute atomic E-state index is 14.3. The number of sulfonamides is 1. The predicted octanol–water partition coefficient (Wildman–Crippen LogP) is 4.90. The Labute approximate surface area is 181 Å². The Morgan fingerprint density at radius 3 is 2.29 bits per heavy atom. The van der Waals surface area contributed by atoms with E-state index in [1.54, 1.807) is 50.2 Å². The van der Waals surface area contributed by atoms with Crippen LogP contribution in [0.5, 0.6) is 11.5 Å². The topological polar surface area (TPSA) is 75.7 Å². The molecular weight excluding hydrogens is 419 g/mol. The first-order valence-corrected chi connectivity index (χ1v) is 11.2. The fraction of sp³-hybridized carbons (Fsp3) is 0.174. The first kappa shape index (κ1) is 22.5. The number of nitrogens with zero attached hydrogens (tertiary/aromatic N) is 1. The van der Waals surface area contributed by atoms with Crippen LogP contribution < -0.4 is 10.1 Å². The summed E-state index contributed by atoms with van der Waals surface area (Å²) in [7, 11) is -4.06. The van der Waals surface area contributed by atoms with E-state index in [2.05, 4.69) is 5.32 Å². The number of para-hydroxylation sites is 3. The third kappa shape index (κ3) is 5.10. The fourth-order valence-electron chi connectivity index (χ4n) is 3.01. The molecule has 0 saturated carbocycles. The van der Waals surface area contributed by atoms with E-state index in [-0.39, 0.29) is 18.7 Å². The van der Waals surface area contributed by atoms with E-state index >= 15 is 0 Å². The molecule has 0 aromatic heterocycles. The monoisotopic (exact) mass is 442 g/mol. The summed E-state index contributed by atoms with van der Waals surface area (Å²) in [5, 5.41) is 2.71. The number of nitrogens with one attached hydrogen (secondary N) is 1. The van der Waals surface area contributed by atoms with Gasteiger partial charge in [-0.3, -0.25) is 4.79 Å². The number of halogens is 1. The molecule has 1 N–H and O–H groups in total. The smallest absolute Gasteiger partial charge is 0.255 e. The van der Waals surface area contributed by atoms with Crippen molar-refractivity contribution < 1.29 is 22.3 Å². The Balaban J connectivity index is 1.89. The van der Waals surface area contributed by atoms with E-state index in [0.29, 0.717) is 17.2 Å². The molecule has 0 aliphatic rings. The van der Waals surface area contributed by atoms with Crippen molar-refractivity contribution in [2.45, 2.75) is 18.7 Å². The van der Waals surface area contributed by atoms with Crippen molar-refractivity contribution in [1.29, 1.82) is 0 Å². The van der Waals surface area contributed by atoms with Gasteiger partial charge in [-0.2, -0.15) is 4.31 Å². The molecule has 0 atom stereocenters. The zero-order chi connectivity index (χ0) is 22.4. The van der Waals surface area contributed by atoms with Crippen LogP contribution in [-0.2, 0) is 10.0 Å². The van der Waals surface area contributed by atoms with Gasteiger partial charge in [-0.1, -0.05) is 44.2 Å². The lowest BCUT2D eigenvalue weighted by Crippen LogP contribution is -2.31. The lowest BCUT2D eigenvalue weighted by molar-refractivity contribution is 0.102.